The molecule has 2 rings (SSSR count). The largest absolute Gasteiger partial charge is 0.493 e. The molecule has 0 saturated heterocycles. The lowest BCUT2D eigenvalue weighted by molar-refractivity contribution is -0.137. The summed E-state index contributed by atoms with van der Waals surface area (Å²) < 4.78 is 15.9. The molecule has 0 amide bonds. The van der Waals surface area contributed by atoms with Crippen LogP contribution < -0.4 is 9.47 Å². The number of benzene rings is 2. The maximum Gasteiger partial charge on any atom is 0.342 e. The normalized spacial score (nSPS) is 11.0. The Kier molecular flexibility index (Phi) is 6.97. The number of ketones is 1. The SMILES string of the molecule is CCOC(=O)/C(=C\c1ccc(OCC)c(OC)c1)C(=O)c1ccccc1. The average Bonchev–Trinajstić information content (AvgIpc) is 2.67. The number of ether oxygens (including phenoxy) is 3. The van der Waals surface area contributed by atoms with Crippen LogP contribution in [-0.4, -0.2) is 32.1 Å². The monoisotopic (exact) mass is 354 g/mol. The van der Waals surface area contributed by atoms with Crippen LogP contribution in [0.3, 0.4) is 0 Å². The molecule has 0 aromatic heterocycles. The molecule has 0 fully saturated rings. The molecule has 26 heavy (non-hydrogen) atoms. The lowest BCUT2D eigenvalue weighted by Crippen LogP contribution is -2.16. The van der Waals surface area contributed by atoms with E-state index >= 15 is 0 Å². The summed E-state index contributed by atoms with van der Waals surface area (Å²) in [5, 5.41) is 0. The van der Waals surface area contributed by atoms with E-state index in [9.17, 15) is 9.59 Å². The van der Waals surface area contributed by atoms with Gasteiger partial charge in [-0.2, -0.15) is 0 Å². The molecule has 0 spiro atoms. The second-order valence-corrected chi connectivity index (χ2v) is 5.32. The Hall–Kier alpha value is -3.08. The van der Waals surface area contributed by atoms with Gasteiger partial charge in [0.1, 0.15) is 5.57 Å². The second kappa shape index (κ2) is 9.42. The molecular formula is C21H22O5. The van der Waals surface area contributed by atoms with E-state index in [0.29, 0.717) is 29.2 Å². The molecule has 0 aliphatic rings. The van der Waals surface area contributed by atoms with Gasteiger partial charge in [-0.1, -0.05) is 36.4 Å². The third-order valence-corrected chi connectivity index (χ3v) is 3.57. The zero-order valence-corrected chi connectivity index (χ0v) is 15.2. The summed E-state index contributed by atoms with van der Waals surface area (Å²) in [5.41, 5.74) is 1.02. The number of carbonyl (C=O) groups is 2. The molecule has 5 nitrogen and oxygen atoms in total. The molecule has 0 N–H and O–H groups in total. The van der Waals surface area contributed by atoms with Crippen molar-refractivity contribution >= 4 is 17.8 Å². The Morgan fingerprint density at radius 3 is 2.31 bits per heavy atom. The van der Waals surface area contributed by atoms with Crippen molar-refractivity contribution in [3.8, 4) is 11.5 Å². The highest BCUT2D eigenvalue weighted by Crippen LogP contribution is 2.29. The van der Waals surface area contributed by atoms with Gasteiger partial charge in [-0.15, -0.1) is 0 Å². The molecule has 0 heterocycles. The Morgan fingerprint density at radius 1 is 0.962 bits per heavy atom. The van der Waals surface area contributed by atoms with E-state index in [1.54, 1.807) is 49.4 Å². The van der Waals surface area contributed by atoms with E-state index in [4.69, 9.17) is 14.2 Å². The first-order valence-corrected chi connectivity index (χ1v) is 8.40. The van der Waals surface area contributed by atoms with Gasteiger partial charge in [-0.05, 0) is 37.6 Å². The summed E-state index contributed by atoms with van der Waals surface area (Å²) in [6.07, 6.45) is 1.51. The first kappa shape index (κ1) is 19.2. The van der Waals surface area contributed by atoms with Crippen molar-refractivity contribution < 1.29 is 23.8 Å². The predicted octanol–water partition coefficient (Wildman–Crippen LogP) is 3.92. The predicted molar refractivity (Wildman–Crippen MR) is 99.5 cm³/mol. The smallest absolute Gasteiger partial charge is 0.342 e. The minimum absolute atomic E-state index is 0.0377. The van der Waals surface area contributed by atoms with Gasteiger partial charge < -0.3 is 14.2 Å². The summed E-state index contributed by atoms with van der Waals surface area (Å²) in [7, 11) is 1.53. The lowest BCUT2D eigenvalue weighted by Gasteiger charge is -2.11. The molecule has 0 aliphatic heterocycles. The van der Waals surface area contributed by atoms with Gasteiger partial charge in [-0.3, -0.25) is 4.79 Å². The molecule has 0 aliphatic carbocycles. The number of hydrogen-bond acceptors (Lipinski definition) is 5. The van der Waals surface area contributed by atoms with Crippen molar-refractivity contribution in [3.05, 3.63) is 65.2 Å². The van der Waals surface area contributed by atoms with Crippen molar-refractivity contribution in [2.24, 2.45) is 0 Å². The Morgan fingerprint density at radius 2 is 1.69 bits per heavy atom. The zero-order chi connectivity index (χ0) is 18.9. The standard InChI is InChI=1S/C21H22O5/c1-4-25-18-12-11-15(14-19(18)24-3)13-17(21(23)26-5-2)20(22)16-9-7-6-8-10-16/h6-14H,4-5H2,1-3H3/b17-13-. The first-order chi connectivity index (χ1) is 12.6. The summed E-state index contributed by atoms with van der Waals surface area (Å²) in [4.78, 5) is 25.1. The fraction of sp³-hybridized carbons (Fsp3) is 0.238. The molecule has 0 radical (unpaired) electrons. The molecule has 5 heteroatoms. The van der Waals surface area contributed by atoms with Crippen LogP contribution in [0.15, 0.2) is 54.1 Å². The molecular weight excluding hydrogens is 332 g/mol. The average molecular weight is 354 g/mol. The molecule has 0 atom stereocenters. The molecule has 2 aromatic rings. The van der Waals surface area contributed by atoms with Crippen LogP contribution in [0.1, 0.15) is 29.8 Å². The van der Waals surface area contributed by atoms with Crippen molar-refractivity contribution in [2.75, 3.05) is 20.3 Å². The van der Waals surface area contributed by atoms with E-state index < -0.39 is 11.8 Å². The van der Waals surface area contributed by atoms with Gasteiger partial charge >= 0.3 is 5.97 Å². The van der Waals surface area contributed by atoms with E-state index in [2.05, 4.69) is 0 Å². The minimum Gasteiger partial charge on any atom is -0.493 e. The Balaban J connectivity index is 2.45. The number of methoxy groups -OCH3 is 1. The molecule has 2 aromatic carbocycles. The third-order valence-electron chi connectivity index (χ3n) is 3.57. The highest BCUT2D eigenvalue weighted by Gasteiger charge is 2.21. The molecule has 0 bridgehead atoms. The van der Waals surface area contributed by atoms with Gasteiger partial charge in [0, 0.05) is 5.56 Å². The maximum atomic E-state index is 12.8. The van der Waals surface area contributed by atoms with E-state index in [0.717, 1.165) is 0 Å². The second-order valence-electron chi connectivity index (χ2n) is 5.32. The van der Waals surface area contributed by atoms with E-state index in [1.165, 1.54) is 13.2 Å². The van der Waals surface area contributed by atoms with Crippen molar-refractivity contribution in [3.63, 3.8) is 0 Å². The molecule has 0 saturated carbocycles. The number of hydrogen-bond donors (Lipinski definition) is 0. The third kappa shape index (κ3) is 4.72. The van der Waals surface area contributed by atoms with Gasteiger partial charge in [0.05, 0.1) is 20.3 Å². The summed E-state index contributed by atoms with van der Waals surface area (Å²) >= 11 is 0. The van der Waals surface area contributed by atoms with Gasteiger partial charge in [0.2, 0.25) is 0 Å². The quantitative estimate of drug-likeness (QED) is 0.236. The molecule has 136 valence electrons. The van der Waals surface area contributed by atoms with Crippen molar-refractivity contribution in [1.29, 1.82) is 0 Å². The Bertz CT molecular complexity index is 793. The zero-order valence-electron chi connectivity index (χ0n) is 15.2. The van der Waals surface area contributed by atoms with E-state index in [-0.39, 0.29) is 12.2 Å². The van der Waals surface area contributed by atoms with E-state index in [1.807, 2.05) is 13.0 Å². The number of carbonyl (C=O) groups excluding carboxylic acids is 2. The van der Waals surface area contributed by atoms with Crippen LogP contribution in [-0.2, 0) is 9.53 Å². The van der Waals surface area contributed by atoms with Crippen LogP contribution in [0.2, 0.25) is 0 Å². The summed E-state index contributed by atoms with van der Waals surface area (Å²) in [6, 6.07) is 13.8. The number of esters is 1. The fourth-order valence-corrected chi connectivity index (χ4v) is 2.39. The van der Waals surface area contributed by atoms with Gasteiger partial charge in [0.25, 0.3) is 0 Å². The highest BCUT2D eigenvalue weighted by atomic mass is 16.5. The van der Waals surface area contributed by atoms with Gasteiger partial charge in [0.15, 0.2) is 17.3 Å². The maximum absolute atomic E-state index is 12.8. The van der Waals surface area contributed by atoms with Crippen LogP contribution in [0.5, 0.6) is 11.5 Å². The van der Waals surface area contributed by atoms with Crippen LogP contribution in [0.25, 0.3) is 6.08 Å². The van der Waals surface area contributed by atoms with Crippen LogP contribution in [0, 0.1) is 0 Å². The Labute approximate surface area is 153 Å². The number of rotatable bonds is 8. The van der Waals surface area contributed by atoms with Crippen molar-refractivity contribution in [2.45, 2.75) is 13.8 Å². The van der Waals surface area contributed by atoms with Crippen LogP contribution in [0.4, 0.5) is 0 Å². The minimum atomic E-state index is -0.658. The number of Topliss-reactive ketones (excluding diaryl/α,β-unsaturated/α-hetero) is 1. The fourth-order valence-electron chi connectivity index (χ4n) is 2.39. The summed E-state index contributed by atoms with van der Waals surface area (Å²) in [6.45, 7) is 4.27. The molecule has 0 unspecified atom stereocenters. The highest BCUT2D eigenvalue weighted by molar-refractivity contribution is 6.26. The topological polar surface area (TPSA) is 61.8 Å². The van der Waals surface area contributed by atoms with Crippen LogP contribution >= 0.6 is 0 Å². The van der Waals surface area contributed by atoms with Gasteiger partial charge in [-0.25, -0.2) is 4.79 Å². The lowest BCUT2D eigenvalue weighted by atomic mass is 10.0. The van der Waals surface area contributed by atoms with Crippen molar-refractivity contribution in [1.82, 2.24) is 0 Å². The first-order valence-electron chi connectivity index (χ1n) is 8.40. The summed E-state index contributed by atoms with van der Waals surface area (Å²) in [5.74, 6) is 0.0706.